The van der Waals surface area contributed by atoms with Crippen molar-refractivity contribution < 1.29 is 9.53 Å². The van der Waals surface area contributed by atoms with E-state index in [1.807, 2.05) is 97.2 Å². The number of para-hydroxylation sites is 1. The van der Waals surface area contributed by atoms with Gasteiger partial charge in [0.15, 0.2) is 4.80 Å². The van der Waals surface area contributed by atoms with Crippen molar-refractivity contribution in [1.82, 2.24) is 19.6 Å². The minimum absolute atomic E-state index is 0.229. The monoisotopic (exact) mass is 547 g/mol. The molecule has 3 heterocycles. The smallest absolute Gasteiger partial charge is 0.338 e. The first-order valence-corrected chi connectivity index (χ1v) is 13.7. The van der Waals surface area contributed by atoms with Crippen molar-refractivity contribution in [3.8, 4) is 16.9 Å². The van der Waals surface area contributed by atoms with Gasteiger partial charge in [0.2, 0.25) is 0 Å². The number of hydrogen-bond donors (Lipinski definition) is 0. The van der Waals surface area contributed by atoms with Crippen LogP contribution in [0.5, 0.6) is 0 Å². The molecule has 198 valence electrons. The fourth-order valence-corrected chi connectivity index (χ4v) is 5.86. The quantitative estimate of drug-likeness (QED) is 0.299. The van der Waals surface area contributed by atoms with E-state index in [1.54, 1.807) is 23.1 Å². The fourth-order valence-electron chi connectivity index (χ4n) is 4.82. The van der Waals surface area contributed by atoms with Gasteiger partial charge in [-0.25, -0.2) is 14.5 Å². The van der Waals surface area contributed by atoms with Crippen LogP contribution in [0.2, 0.25) is 0 Å². The Morgan fingerprint density at radius 1 is 1.00 bits per heavy atom. The minimum atomic E-state index is -0.641. The maximum absolute atomic E-state index is 13.9. The molecule has 1 atom stereocenters. The van der Waals surface area contributed by atoms with Crippen LogP contribution in [0.4, 0.5) is 0 Å². The van der Waals surface area contributed by atoms with Crippen molar-refractivity contribution >= 4 is 23.4 Å². The number of nitrogens with zero attached hydrogens (tertiary/aromatic N) is 5. The predicted octanol–water partition coefficient (Wildman–Crippen LogP) is 4.05. The van der Waals surface area contributed by atoms with E-state index in [-0.39, 0.29) is 12.2 Å². The average molecular weight is 548 g/mol. The van der Waals surface area contributed by atoms with Crippen molar-refractivity contribution in [1.29, 1.82) is 0 Å². The summed E-state index contributed by atoms with van der Waals surface area (Å²) in [6, 6.07) is 26.4. The average Bonchev–Trinajstić information content (AvgIpc) is 3.59. The largest absolute Gasteiger partial charge is 0.463 e. The van der Waals surface area contributed by atoms with Crippen molar-refractivity contribution in [3.05, 3.63) is 133 Å². The highest BCUT2D eigenvalue weighted by Gasteiger charge is 2.33. The van der Waals surface area contributed by atoms with Crippen LogP contribution in [-0.2, 0) is 9.53 Å². The normalized spacial score (nSPS) is 15.1. The molecule has 0 aliphatic carbocycles. The predicted molar refractivity (Wildman–Crippen MR) is 154 cm³/mol. The van der Waals surface area contributed by atoms with E-state index >= 15 is 0 Å². The standard InChI is InChI=1S/C31H25N5O3S/c1-3-39-30(38)27-20(2)32-31-36(28(27)22-14-8-5-9-15-22)29(37)26(40-31)18-23-16-10-11-17-25(23)35-19-24(33-34-35)21-12-6-4-7-13-21/h4-19,28H,3H2,1-2H3/b26-18-. The van der Waals surface area contributed by atoms with Crippen LogP contribution in [0.25, 0.3) is 23.0 Å². The van der Waals surface area contributed by atoms with Crippen LogP contribution in [0.1, 0.15) is 31.0 Å². The second-order valence-electron chi connectivity index (χ2n) is 9.19. The number of hydrogen-bond acceptors (Lipinski definition) is 7. The molecule has 1 aliphatic rings. The number of thiazole rings is 1. The van der Waals surface area contributed by atoms with Gasteiger partial charge in [-0.05, 0) is 31.6 Å². The van der Waals surface area contributed by atoms with E-state index < -0.39 is 12.0 Å². The van der Waals surface area contributed by atoms with Gasteiger partial charge in [0.05, 0.1) is 40.3 Å². The lowest BCUT2D eigenvalue weighted by Crippen LogP contribution is -2.39. The molecule has 8 nitrogen and oxygen atoms in total. The first kappa shape index (κ1) is 25.4. The number of ether oxygens (including phenoxy) is 1. The van der Waals surface area contributed by atoms with Gasteiger partial charge in [-0.15, -0.1) is 5.10 Å². The van der Waals surface area contributed by atoms with Crippen LogP contribution in [0.15, 0.2) is 112 Å². The van der Waals surface area contributed by atoms with E-state index in [9.17, 15) is 9.59 Å². The molecule has 40 heavy (non-hydrogen) atoms. The topological polar surface area (TPSA) is 91.4 Å². The number of benzene rings is 3. The van der Waals surface area contributed by atoms with Gasteiger partial charge in [-0.1, -0.05) is 95.4 Å². The van der Waals surface area contributed by atoms with Crippen LogP contribution < -0.4 is 14.9 Å². The van der Waals surface area contributed by atoms with Gasteiger partial charge >= 0.3 is 5.97 Å². The summed E-state index contributed by atoms with van der Waals surface area (Å²) in [4.78, 5) is 32.2. The lowest BCUT2D eigenvalue weighted by molar-refractivity contribution is -0.139. The lowest BCUT2D eigenvalue weighted by Gasteiger charge is -2.24. The summed E-state index contributed by atoms with van der Waals surface area (Å²) in [5.74, 6) is -0.474. The zero-order chi connectivity index (χ0) is 27.6. The van der Waals surface area contributed by atoms with Gasteiger partial charge in [0, 0.05) is 11.1 Å². The van der Waals surface area contributed by atoms with Gasteiger partial charge in [0.1, 0.15) is 5.69 Å². The van der Waals surface area contributed by atoms with E-state index in [2.05, 4.69) is 15.3 Å². The van der Waals surface area contributed by atoms with Crippen LogP contribution in [0.3, 0.4) is 0 Å². The SMILES string of the molecule is CCOC(=O)C1=C(C)N=c2s/c(=C\c3ccccc3-n3cc(-c4ccccc4)nn3)c(=O)n2C1c1ccccc1. The second kappa shape index (κ2) is 10.7. The summed E-state index contributed by atoms with van der Waals surface area (Å²) in [7, 11) is 0. The van der Waals surface area contributed by atoms with E-state index in [0.29, 0.717) is 20.6 Å². The third kappa shape index (κ3) is 4.60. The summed E-state index contributed by atoms with van der Waals surface area (Å²) >= 11 is 1.29. The second-order valence-corrected chi connectivity index (χ2v) is 10.2. The van der Waals surface area contributed by atoms with Gasteiger partial charge in [-0.2, -0.15) is 0 Å². The highest BCUT2D eigenvalue weighted by Crippen LogP contribution is 2.30. The molecule has 9 heteroatoms. The number of esters is 1. The van der Waals surface area contributed by atoms with Crippen molar-refractivity contribution in [2.45, 2.75) is 19.9 Å². The molecular weight excluding hydrogens is 522 g/mol. The Labute approximate surface area is 233 Å². The Kier molecular flexibility index (Phi) is 6.79. The zero-order valence-corrected chi connectivity index (χ0v) is 22.7. The molecule has 1 aliphatic heterocycles. The van der Waals surface area contributed by atoms with Crippen LogP contribution in [0, 0.1) is 0 Å². The lowest BCUT2D eigenvalue weighted by atomic mass is 9.96. The number of carbonyl (C=O) groups is 1. The highest BCUT2D eigenvalue weighted by molar-refractivity contribution is 7.07. The molecule has 5 aromatic rings. The zero-order valence-electron chi connectivity index (χ0n) is 21.9. The molecule has 0 radical (unpaired) electrons. The Hall–Kier alpha value is -4.89. The third-order valence-corrected chi connectivity index (χ3v) is 7.65. The molecule has 6 rings (SSSR count). The van der Waals surface area contributed by atoms with Crippen LogP contribution >= 0.6 is 11.3 Å². The van der Waals surface area contributed by atoms with Gasteiger partial charge in [0.25, 0.3) is 5.56 Å². The minimum Gasteiger partial charge on any atom is -0.463 e. The summed E-state index contributed by atoms with van der Waals surface area (Å²) in [5.41, 5.74) is 4.78. The number of carbonyl (C=O) groups excluding carboxylic acids is 1. The molecule has 0 fully saturated rings. The Morgan fingerprint density at radius 2 is 1.70 bits per heavy atom. The molecule has 0 N–H and O–H groups in total. The summed E-state index contributed by atoms with van der Waals surface area (Å²) in [5, 5.41) is 8.70. The fraction of sp³-hybridized carbons (Fsp3) is 0.129. The number of aromatic nitrogens is 4. The molecular formula is C31H25N5O3S. The molecule has 0 saturated carbocycles. The van der Waals surface area contributed by atoms with Crippen molar-refractivity contribution in [2.24, 2.45) is 4.99 Å². The third-order valence-electron chi connectivity index (χ3n) is 6.67. The van der Waals surface area contributed by atoms with E-state index in [0.717, 1.165) is 28.1 Å². The molecule has 0 saturated heterocycles. The van der Waals surface area contributed by atoms with Gasteiger partial charge < -0.3 is 4.74 Å². The molecule has 2 aromatic heterocycles. The highest BCUT2D eigenvalue weighted by atomic mass is 32.1. The number of rotatable bonds is 6. The summed E-state index contributed by atoms with van der Waals surface area (Å²) in [6.45, 7) is 3.77. The van der Waals surface area contributed by atoms with Crippen molar-refractivity contribution in [3.63, 3.8) is 0 Å². The number of fused-ring (bicyclic) bond motifs is 1. The van der Waals surface area contributed by atoms with Gasteiger partial charge in [-0.3, -0.25) is 9.36 Å². The molecule has 0 amide bonds. The molecule has 1 unspecified atom stereocenters. The first-order chi connectivity index (χ1) is 19.5. The molecule has 0 spiro atoms. The maximum atomic E-state index is 13.9. The molecule has 0 bridgehead atoms. The van der Waals surface area contributed by atoms with E-state index in [1.165, 1.54) is 11.3 Å². The van der Waals surface area contributed by atoms with Crippen molar-refractivity contribution in [2.75, 3.05) is 6.61 Å². The summed E-state index contributed by atoms with van der Waals surface area (Å²) < 4.78 is 9.16. The number of allylic oxidation sites excluding steroid dienone is 1. The Bertz CT molecular complexity index is 1920. The van der Waals surface area contributed by atoms with E-state index in [4.69, 9.17) is 4.74 Å². The Balaban J connectivity index is 1.48. The molecule has 3 aromatic carbocycles. The maximum Gasteiger partial charge on any atom is 0.338 e. The summed E-state index contributed by atoms with van der Waals surface area (Å²) in [6.07, 6.45) is 3.71. The Morgan fingerprint density at radius 3 is 2.45 bits per heavy atom. The van der Waals surface area contributed by atoms with Crippen LogP contribution in [-0.4, -0.2) is 32.1 Å². The first-order valence-electron chi connectivity index (χ1n) is 12.9.